The molecule has 0 aliphatic carbocycles. The number of benzene rings is 1. The minimum absolute atomic E-state index is 0.0233. The van der Waals surface area contributed by atoms with Gasteiger partial charge in [-0.05, 0) is 35.0 Å². The molecule has 166 valence electrons. The lowest BCUT2D eigenvalue weighted by atomic mass is 10.3. The van der Waals surface area contributed by atoms with E-state index >= 15 is 0 Å². The summed E-state index contributed by atoms with van der Waals surface area (Å²) in [5.41, 5.74) is 7.74. The lowest BCUT2D eigenvalue weighted by Crippen LogP contribution is -2.42. The minimum atomic E-state index is -0.500. The number of methoxy groups -OCH3 is 1. The number of anilines is 1. The van der Waals surface area contributed by atoms with Crippen molar-refractivity contribution in [2.45, 2.75) is 26.6 Å². The smallest absolute Gasteiger partial charge is 0.277 e. The number of nitrogens with one attached hydrogen (secondary N) is 1. The molecule has 1 aromatic carbocycles. The maximum atomic E-state index is 12.6. The molecule has 2 heterocycles. The lowest BCUT2D eigenvalue weighted by molar-refractivity contribution is -0.681. The van der Waals surface area contributed by atoms with Crippen LogP contribution in [0.5, 0.6) is 5.75 Å². The third-order valence-electron chi connectivity index (χ3n) is 4.42. The van der Waals surface area contributed by atoms with Crippen LogP contribution in [0.2, 0.25) is 0 Å². The van der Waals surface area contributed by atoms with Crippen LogP contribution >= 0.6 is 15.9 Å². The van der Waals surface area contributed by atoms with Gasteiger partial charge < -0.3 is 30.8 Å². The number of nitrogen functional groups attached to an aromatic ring is 1. The van der Waals surface area contributed by atoms with Crippen molar-refractivity contribution in [3.05, 3.63) is 40.5 Å². The molecule has 0 unspecified atom stereocenters. The zero-order valence-electron chi connectivity index (χ0n) is 17.0. The van der Waals surface area contributed by atoms with Crippen LogP contribution in [0.25, 0.3) is 11.0 Å². The summed E-state index contributed by atoms with van der Waals surface area (Å²) in [6, 6.07) is 5.76. The molecule has 2 aromatic heterocycles. The Hall–Kier alpha value is -3.25. The summed E-state index contributed by atoms with van der Waals surface area (Å²) in [5.74, 6) is 1.22. The maximum absolute atomic E-state index is 12.6. The Kier molecular flexibility index (Phi) is 8.70. The molecule has 11 nitrogen and oxygen atoms in total. The number of amides is 1. The maximum Gasteiger partial charge on any atom is 0.277 e. The number of nitrogens with zero attached hydrogens (tertiary/aromatic N) is 4. The molecule has 0 spiro atoms. The van der Waals surface area contributed by atoms with Gasteiger partial charge in [-0.15, -0.1) is 0 Å². The summed E-state index contributed by atoms with van der Waals surface area (Å²) < 4.78 is 9.82. The van der Waals surface area contributed by atoms with Crippen molar-refractivity contribution in [3.8, 4) is 5.75 Å². The summed E-state index contributed by atoms with van der Waals surface area (Å²) in [7, 11) is 1.62. The van der Waals surface area contributed by atoms with Gasteiger partial charge in [0.2, 0.25) is 0 Å². The van der Waals surface area contributed by atoms with Gasteiger partial charge in [0.15, 0.2) is 22.5 Å². The van der Waals surface area contributed by atoms with E-state index < -0.39 is 12.4 Å². The average molecular weight is 495 g/mol. The zero-order chi connectivity index (χ0) is 23.0. The number of hydrogen-bond acceptors (Lipinski definition) is 8. The van der Waals surface area contributed by atoms with Crippen LogP contribution in [-0.4, -0.2) is 45.7 Å². The van der Waals surface area contributed by atoms with E-state index in [1.165, 1.54) is 6.20 Å². The summed E-state index contributed by atoms with van der Waals surface area (Å²) in [4.78, 5) is 28.9. The van der Waals surface area contributed by atoms with Crippen LogP contribution in [-0.2, 0) is 24.4 Å². The Labute approximate surface area is 186 Å². The number of aromatic nitrogens is 4. The molecule has 12 heteroatoms. The van der Waals surface area contributed by atoms with Crippen molar-refractivity contribution in [1.82, 2.24) is 19.9 Å². The predicted octanol–water partition coefficient (Wildman–Crippen LogP) is -0.620. The fourth-order valence-electron chi connectivity index (χ4n) is 3.18. The molecule has 0 saturated heterocycles. The number of nitrogens with two attached hydrogens (primary N) is 1. The van der Waals surface area contributed by atoms with Crippen LogP contribution in [0.3, 0.4) is 0 Å². The largest absolute Gasteiger partial charge is 0.554 e. The van der Waals surface area contributed by atoms with Gasteiger partial charge in [-0.3, -0.25) is 4.79 Å². The number of hydrogen-bond donors (Lipinski definition) is 3. The first-order valence-electron chi connectivity index (χ1n) is 9.23. The highest BCUT2D eigenvalue weighted by atomic mass is 79.9. The van der Waals surface area contributed by atoms with E-state index in [-0.39, 0.29) is 24.7 Å². The van der Waals surface area contributed by atoms with Gasteiger partial charge in [0.1, 0.15) is 23.4 Å². The minimum Gasteiger partial charge on any atom is -0.554 e. The number of carbonyl (C=O) groups excluding carboxylic acids is 2. The fourth-order valence-corrected chi connectivity index (χ4v) is 3.46. The number of aliphatic hydroxyl groups is 1. The molecular weight excluding hydrogens is 472 g/mol. The molecule has 1 amide bonds. The number of rotatable bonds is 7. The van der Waals surface area contributed by atoms with Gasteiger partial charge in [-0.2, -0.15) is 0 Å². The second-order valence-electron chi connectivity index (χ2n) is 6.10. The van der Waals surface area contributed by atoms with Crippen LogP contribution < -0.4 is 25.5 Å². The first kappa shape index (κ1) is 24.0. The van der Waals surface area contributed by atoms with Crippen molar-refractivity contribution in [2.75, 3.05) is 19.5 Å². The summed E-state index contributed by atoms with van der Waals surface area (Å²) >= 11 is 3.20. The number of ether oxygens (including phenoxy) is 1. The normalized spacial score (nSPS) is 10.3. The van der Waals surface area contributed by atoms with E-state index in [4.69, 9.17) is 20.4 Å². The quantitative estimate of drug-likeness (QED) is 0.289. The van der Waals surface area contributed by atoms with Gasteiger partial charge >= 0.3 is 0 Å². The molecule has 0 radical (unpaired) electrons. The van der Waals surface area contributed by atoms with Gasteiger partial charge in [-0.25, -0.2) is 19.1 Å². The lowest BCUT2D eigenvalue weighted by Gasteiger charge is -2.07. The van der Waals surface area contributed by atoms with E-state index in [1.54, 1.807) is 7.11 Å². The van der Waals surface area contributed by atoms with Gasteiger partial charge in [0, 0.05) is 12.5 Å². The molecule has 3 aromatic rings. The van der Waals surface area contributed by atoms with Gasteiger partial charge in [0.05, 0.1) is 26.5 Å². The number of imidazole rings is 1. The number of halogens is 1. The summed E-state index contributed by atoms with van der Waals surface area (Å²) in [6.07, 6.45) is 1.43. The summed E-state index contributed by atoms with van der Waals surface area (Å²) in [5, 5.41) is 20.6. The van der Waals surface area contributed by atoms with Crippen molar-refractivity contribution in [3.63, 3.8) is 0 Å². The number of carbonyl (C=O) groups is 2. The SMILES string of the molecule is CCn1c(CNC(=O)c2nc(Br)cnc2N)[n+](CCO)c2ccc(OC)cc21.O=C[O-]. The number of fused-ring (bicyclic) bond motifs is 1. The second kappa shape index (κ2) is 11.2. The Morgan fingerprint density at radius 2 is 2.19 bits per heavy atom. The first-order chi connectivity index (χ1) is 14.9. The Balaban J connectivity index is 0.00000107. The Bertz CT molecular complexity index is 1070. The van der Waals surface area contributed by atoms with Crippen LogP contribution in [0, 0.1) is 0 Å². The topological polar surface area (TPSA) is 159 Å². The van der Waals surface area contributed by atoms with E-state index in [2.05, 4.69) is 35.8 Å². The van der Waals surface area contributed by atoms with Gasteiger partial charge in [0.25, 0.3) is 11.7 Å². The van der Waals surface area contributed by atoms with Crippen LogP contribution in [0.1, 0.15) is 23.2 Å². The van der Waals surface area contributed by atoms with Gasteiger partial charge in [-0.1, -0.05) is 0 Å². The van der Waals surface area contributed by atoms with E-state index in [0.717, 1.165) is 22.6 Å². The molecule has 0 saturated carbocycles. The molecule has 31 heavy (non-hydrogen) atoms. The first-order valence-corrected chi connectivity index (χ1v) is 10.0. The number of aryl methyl sites for hydroxylation is 1. The highest BCUT2D eigenvalue weighted by Crippen LogP contribution is 2.21. The second-order valence-corrected chi connectivity index (χ2v) is 6.91. The third-order valence-corrected chi connectivity index (χ3v) is 4.80. The highest BCUT2D eigenvalue weighted by molar-refractivity contribution is 9.10. The number of carboxylic acid groups (broad SMARTS) is 1. The van der Waals surface area contributed by atoms with E-state index in [1.807, 2.05) is 29.7 Å². The number of aliphatic hydroxyl groups excluding tert-OH is 1. The Morgan fingerprint density at radius 3 is 2.81 bits per heavy atom. The molecule has 0 aliphatic heterocycles. The van der Waals surface area contributed by atoms with Crippen molar-refractivity contribution >= 4 is 45.2 Å². The molecule has 0 fully saturated rings. The molecule has 0 atom stereocenters. The predicted molar refractivity (Wildman–Crippen MR) is 113 cm³/mol. The highest BCUT2D eigenvalue weighted by Gasteiger charge is 2.25. The molecule has 0 bridgehead atoms. The molecule has 3 rings (SSSR count). The fraction of sp³-hybridized carbons (Fsp3) is 0.316. The van der Waals surface area contributed by atoms with Crippen LogP contribution in [0.4, 0.5) is 5.82 Å². The summed E-state index contributed by atoms with van der Waals surface area (Å²) in [6.45, 7) is 2.82. The standard InChI is InChI=1S/C18H21BrN6O3.CH2O2/c1-3-24-13-8-11(28-2)4-5-12(13)25(6-7-26)15(24)10-22-18(27)16-17(20)21-9-14(19)23-16;2-1-3/h4-5,8-9,26H,3,6-7,10H2,1-2H3,(H2-,20,21,22,27);1H,(H,2,3). The van der Waals surface area contributed by atoms with Crippen molar-refractivity contribution < 1.29 is 29.1 Å². The van der Waals surface area contributed by atoms with E-state index in [9.17, 15) is 9.90 Å². The van der Waals surface area contributed by atoms with Crippen LogP contribution in [0.15, 0.2) is 29.0 Å². The van der Waals surface area contributed by atoms with E-state index in [0.29, 0.717) is 17.7 Å². The molecule has 0 aliphatic rings. The zero-order valence-corrected chi connectivity index (χ0v) is 18.6. The third kappa shape index (κ3) is 5.47. The monoisotopic (exact) mass is 494 g/mol. The average Bonchev–Trinajstić information content (AvgIpc) is 3.06. The van der Waals surface area contributed by atoms with Crippen molar-refractivity contribution in [1.29, 1.82) is 0 Å². The molecular formula is C19H23BrN6O5. The molecule has 4 N–H and O–H groups in total. The van der Waals surface area contributed by atoms with Crippen molar-refractivity contribution in [2.24, 2.45) is 0 Å². The Morgan fingerprint density at radius 1 is 1.48 bits per heavy atom.